The van der Waals surface area contributed by atoms with Gasteiger partial charge in [-0.15, -0.1) is 0 Å². The Morgan fingerprint density at radius 2 is 1.57 bits per heavy atom. The topological polar surface area (TPSA) is 15.7 Å². The summed E-state index contributed by atoms with van der Waals surface area (Å²) in [5.74, 6) is 1.16. The van der Waals surface area contributed by atoms with Crippen LogP contribution in [0.4, 0.5) is 11.4 Å². The molecule has 0 aromatic heterocycles. The molecule has 1 unspecified atom stereocenters. The Morgan fingerprint density at radius 1 is 0.857 bits per heavy atom. The monoisotopic (exact) mass is 372 g/mol. The summed E-state index contributed by atoms with van der Waals surface area (Å²) in [5, 5.41) is 0. The molecule has 0 bridgehead atoms. The first-order valence-corrected chi connectivity index (χ1v) is 10.0. The molecule has 0 spiro atoms. The summed E-state index contributed by atoms with van der Waals surface area (Å²) in [6.45, 7) is 4.75. The van der Waals surface area contributed by atoms with Crippen LogP contribution in [-0.2, 0) is 0 Å². The third-order valence-corrected chi connectivity index (χ3v) is 5.40. The third kappa shape index (κ3) is 3.50. The van der Waals surface area contributed by atoms with Crippen molar-refractivity contribution >= 4 is 11.4 Å². The van der Waals surface area contributed by atoms with Crippen LogP contribution in [0.25, 0.3) is 0 Å². The lowest BCUT2D eigenvalue weighted by molar-refractivity contribution is 0.261. The number of hydrogen-bond donors (Lipinski definition) is 0. The molecule has 0 amide bonds. The minimum absolute atomic E-state index is 0.215. The first-order valence-electron chi connectivity index (χ1n) is 10.0. The van der Waals surface area contributed by atoms with Crippen LogP contribution in [0, 0.1) is 0 Å². The molecule has 4 rings (SSSR count). The maximum atomic E-state index is 6.06. The zero-order valence-electron chi connectivity index (χ0n) is 16.9. The van der Waals surface area contributed by atoms with Gasteiger partial charge in [0.15, 0.2) is 0 Å². The van der Waals surface area contributed by atoms with Gasteiger partial charge in [0.2, 0.25) is 0 Å². The number of benzene rings is 3. The number of hydrogen-bond acceptors (Lipinski definition) is 3. The molecule has 0 aliphatic carbocycles. The van der Waals surface area contributed by atoms with Gasteiger partial charge in [-0.3, -0.25) is 0 Å². The van der Waals surface area contributed by atoms with Crippen molar-refractivity contribution < 1.29 is 4.74 Å². The lowest BCUT2D eigenvalue weighted by atomic mass is 9.80. The standard InChI is InChI=1S/C25H28N2O/c1-4-27-23-13-9-8-12-21(23)25(19-10-6-5-7-11-19)22-18-20(14-15-24(22)27)28-17-16-26(2)3/h5-15,18,25H,4,16-17H2,1-3H3. The predicted molar refractivity (Wildman–Crippen MR) is 117 cm³/mol. The molecule has 0 radical (unpaired) electrons. The van der Waals surface area contributed by atoms with Gasteiger partial charge < -0.3 is 14.5 Å². The van der Waals surface area contributed by atoms with Crippen molar-refractivity contribution in [3.05, 3.63) is 89.5 Å². The number of nitrogens with zero attached hydrogens (tertiary/aromatic N) is 2. The smallest absolute Gasteiger partial charge is 0.119 e. The molecule has 1 aliphatic heterocycles. The Hall–Kier alpha value is -2.78. The number of para-hydroxylation sites is 1. The molecular weight excluding hydrogens is 344 g/mol. The molecule has 1 aliphatic rings. The molecule has 28 heavy (non-hydrogen) atoms. The zero-order valence-corrected chi connectivity index (χ0v) is 16.9. The van der Waals surface area contributed by atoms with Crippen molar-refractivity contribution in [3.8, 4) is 5.75 Å². The van der Waals surface area contributed by atoms with Gasteiger partial charge in [-0.05, 0) is 62.0 Å². The van der Waals surface area contributed by atoms with Gasteiger partial charge >= 0.3 is 0 Å². The van der Waals surface area contributed by atoms with E-state index in [1.165, 1.54) is 28.1 Å². The SMILES string of the molecule is CCN1c2ccccc2C(c2ccccc2)c2cc(OCCN(C)C)ccc21. The Balaban J connectivity index is 1.81. The summed E-state index contributed by atoms with van der Waals surface area (Å²) < 4.78 is 6.06. The second-order valence-corrected chi connectivity index (χ2v) is 7.52. The van der Waals surface area contributed by atoms with Gasteiger partial charge in [-0.1, -0.05) is 48.5 Å². The number of ether oxygens (including phenoxy) is 1. The van der Waals surface area contributed by atoms with E-state index in [2.05, 4.69) is 104 Å². The average molecular weight is 373 g/mol. The highest BCUT2D eigenvalue weighted by Gasteiger charge is 2.31. The third-order valence-electron chi connectivity index (χ3n) is 5.40. The van der Waals surface area contributed by atoms with Crippen molar-refractivity contribution in [1.29, 1.82) is 0 Å². The number of anilines is 2. The normalized spacial score (nSPS) is 15.3. The first-order chi connectivity index (χ1) is 13.7. The molecular formula is C25H28N2O. The van der Waals surface area contributed by atoms with E-state index in [4.69, 9.17) is 4.74 Å². The van der Waals surface area contributed by atoms with Crippen LogP contribution >= 0.6 is 0 Å². The minimum atomic E-state index is 0.215. The van der Waals surface area contributed by atoms with E-state index < -0.39 is 0 Å². The molecule has 1 heterocycles. The second kappa shape index (κ2) is 8.07. The summed E-state index contributed by atoms with van der Waals surface area (Å²) in [6.07, 6.45) is 0. The predicted octanol–water partition coefficient (Wildman–Crippen LogP) is 5.28. The Labute approximate surface area is 168 Å². The van der Waals surface area contributed by atoms with Crippen molar-refractivity contribution in [2.75, 3.05) is 38.7 Å². The van der Waals surface area contributed by atoms with E-state index in [0.29, 0.717) is 6.61 Å². The number of rotatable bonds is 6. The maximum absolute atomic E-state index is 6.06. The van der Waals surface area contributed by atoms with Gasteiger partial charge in [-0.25, -0.2) is 0 Å². The first kappa shape index (κ1) is 18.6. The molecule has 1 atom stereocenters. The molecule has 3 heteroatoms. The summed E-state index contributed by atoms with van der Waals surface area (Å²) in [4.78, 5) is 4.55. The Kier molecular flexibility index (Phi) is 5.36. The van der Waals surface area contributed by atoms with Crippen LogP contribution < -0.4 is 9.64 Å². The van der Waals surface area contributed by atoms with E-state index in [1.54, 1.807) is 0 Å². The summed E-state index contributed by atoms with van der Waals surface area (Å²) in [7, 11) is 4.13. The van der Waals surface area contributed by atoms with Crippen molar-refractivity contribution in [2.45, 2.75) is 12.8 Å². The lowest BCUT2D eigenvalue weighted by Gasteiger charge is -2.37. The molecule has 3 aromatic rings. The summed E-state index contributed by atoms with van der Waals surface area (Å²) in [5.41, 5.74) is 6.56. The van der Waals surface area contributed by atoms with E-state index in [1.807, 2.05) is 0 Å². The number of likely N-dealkylation sites (N-methyl/N-ethyl adjacent to an activating group) is 1. The molecule has 144 valence electrons. The van der Waals surface area contributed by atoms with Crippen molar-refractivity contribution in [1.82, 2.24) is 4.90 Å². The minimum Gasteiger partial charge on any atom is -0.492 e. The van der Waals surface area contributed by atoms with Crippen LogP contribution in [0.15, 0.2) is 72.8 Å². The highest BCUT2D eigenvalue weighted by molar-refractivity contribution is 5.78. The second-order valence-electron chi connectivity index (χ2n) is 7.52. The van der Waals surface area contributed by atoms with Crippen molar-refractivity contribution in [3.63, 3.8) is 0 Å². The molecule has 3 aromatic carbocycles. The van der Waals surface area contributed by atoms with Crippen LogP contribution in [0.2, 0.25) is 0 Å². The van der Waals surface area contributed by atoms with E-state index in [9.17, 15) is 0 Å². The van der Waals surface area contributed by atoms with Gasteiger partial charge in [0.05, 0.1) is 0 Å². The van der Waals surface area contributed by atoms with Crippen LogP contribution in [0.1, 0.15) is 29.5 Å². The van der Waals surface area contributed by atoms with Crippen LogP contribution in [-0.4, -0.2) is 38.7 Å². The molecule has 3 nitrogen and oxygen atoms in total. The van der Waals surface area contributed by atoms with Crippen LogP contribution in [0.5, 0.6) is 5.75 Å². The van der Waals surface area contributed by atoms with E-state index >= 15 is 0 Å². The fourth-order valence-corrected chi connectivity index (χ4v) is 4.07. The molecule has 0 N–H and O–H groups in total. The van der Waals surface area contributed by atoms with Crippen molar-refractivity contribution in [2.24, 2.45) is 0 Å². The van der Waals surface area contributed by atoms with Gasteiger partial charge in [-0.2, -0.15) is 0 Å². The molecule has 0 saturated heterocycles. The van der Waals surface area contributed by atoms with E-state index in [0.717, 1.165) is 18.8 Å². The molecule has 0 fully saturated rings. The quantitative estimate of drug-likeness (QED) is 0.585. The largest absolute Gasteiger partial charge is 0.492 e. The highest BCUT2D eigenvalue weighted by Crippen LogP contribution is 2.48. The van der Waals surface area contributed by atoms with Gasteiger partial charge in [0.25, 0.3) is 0 Å². The average Bonchev–Trinajstić information content (AvgIpc) is 2.72. The van der Waals surface area contributed by atoms with Gasteiger partial charge in [0, 0.05) is 30.4 Å². The number of fused-ring (bicyclic) bond motifs is 2. The summed E-state index contributed by atoms with van der Waals surface area (Å²) in [6, 6.07) is 26.1. The summed E-state index contributed by atoms with van der Waals surface area (Å²) >= 11 is 0. The van der Waals surface area contributed by atoms with E-state index in [-0.39, 0.29) is 5.92 Å². The highest BCUT2D eigenvalue weighted by atomic mass is 16.5. The zero-order chi connectivity index (χ0) is 19.5. The Morgan fingerprint density at radius 3 is 2.32 bits per heavy atom. The molecule has 0 saturated carbocycles. The maximum Gasteiger partial charge on any atom is 0.119 e. The lowest BCUT2D eigenvalue weighted by Crippen LogP contribution is -2.26. The van der Waals surface area contributed by atoms with Gasteiger partial charge in [0.1, 0.15) is 12.4 Å². The Bertz CT molecular complexity index is 936. The van der Waals surface area contributed by atoms with Crippen LogP contribution in [0.3, 0.4) is 0 Å². The fourth-order valence-electron chi connectivity index (χ4n) is 4.07. The fraction of sp³-hybridized carbons (Fsp3) is 0.280.